The molecule has 0 aliphatic heterocycles. The van der Waals surface area contributed by atoms with Crippen LogP contribution in [0.2, 0.25) is 5.02 Å². The number of amides is 2. The second-order valence-electron chi connectivity index (χ2n) is 7.55. The average Bonchev–Trinajstić information content (AvgIpc) is 3.40. The van der Waals surface area contributed by atoms with E-state index in [1.807, 2.05) is 0 Å². The highest BCUT2D eigenvalue weighted by Crippen LogP contribution is 2.38. The van der Waals surface area contributed by atoms with Gasteiger partial charge in [0.15, 0.2) is 5.76 Å². The van der Waals surface area contributed by atoms with Gasteiger partial charge in [0.05, 0.1) is 22.5 Å². The van der Waals surface area contributed by atoms with Crippen LogP contribution in [-0.2, 0) is 11.0 Å². The molecule has 4 aromatic rings. The third kappa shape index (κ3) is 6.30. The van der Waals surface area contributed by atoms with E-state index in [2.05, 4.69) is 10.6 Å². The van der Waals surface area contributed by atoms with Gasteiger partial charge in [0.1, 0.15) is 5.25 Å². The van der Waals surface area contributed by atoms with Gasteiger partial charge in [-0.15, -0.1) is 11.8 Å². The van der Waals surface area contributed by atoms with E-state index in [0.29, 0.717) is 16.1 Å². The Labute approximate surface area is 213 Å². The third-order valence-electron chi connectivity index (χ3n) is 5.00. The fourth-order valence-electron chi connectivity index (χ4n) is 3.25. The number of alkyl halides is 3. The van der Waals surface area contributed by atoms with Gasteiger partial charge < -0.3 is 15.1 Å². The zero-order valence-corrected chi connectivity index (χ0v) is 20.0. The predicted molar refractivity (Wildman–Crippen MR) is 133 cm³/mol. The van der Waals surface area contributed by atoms with E-state index in [-0.39, 0.29) is 16.5 Å². The molecule has 1 atom stereocenters. The summed E-state index contributed by atoms with van der Waals surface area (Å²) < 4.78 is 44.5. The minimum absolute atomic E-state index is 0.00943. The lowest BCUT2D eigenvalue weighted by molar-refractivity contribution is -0.137. The molecule has 36 heavy (non-hydrogen) atoms. The van der Waals surface area contributed by atoms with Gasteiger partial charge in [0.2, 0.25) is 5.91 Å². The second-order valence-corrected chi connectivity index (χ2v) is 9.13. The van der Waals surface area contributed by atoms with Crippen molar-refractivity contribution >= 4 is 46.6 Å². The Kier molecular flexibility index (Phi) is 7.71. The van der Waals surface area contributed by atoms with Gasteiger partial charge in [0.25, 0.3) is 5.91 Å². The van der Waals surface area contributed by atoms with Crippen molar-refractivity contribution in [3.63, 3.8) is 0 Å². The Hall–Kier alpha value is -3.69. The largest absolute Gasteiger partial charge is 0.459 e. The van der Waals surface area contributed by atoms with Crippen LogP contribution in [0.15, 0.2) is 101 Å². The number of thioether (sulfide) groups is 1. The smallest absolute Gasteiger partial charge is 0.416 e. The molecule has 10 heteroatoms. The summed E-state index contributed by atoms with van der Waals surface area (Å²) in [4.78, 5) is 26.1. The molecule has 1 heterocycles. The number of benzene rings is 3. The van der Waals surface area contributed by atoms with Crippen molar-refractivity contribution in [3.8, 4) is 0 Å². The molecule has 184 valence electrons. The summed E-state index contributed by atoms with van der Waals surface area (Å²) in [6.45, 7) is 0. The molecule has 1 unspecified atom stereocenters. The summed E-state index contributed by atoms with van der Waals surface area (Å²) in [7, 11) is 0. The maximum absolute atomic E-state index is 13.2. The maximum atomic E-state index is 13.2. The number of hydrogen-bond acceptors (Lipinski definition) is 4. The zero-order valence-electron chi connectivity index (χ0n) is 18.4. The van der Waals surface area contributed by atoms with Crippen molar-refractivity contribution in [3.05, 3.63) is 113 Å². The molecule has 0 aliphatic carbocycles. The van der Waals surface area contributed by atoms with E-state index in [1.165, 1.54) is 18.0 Å². The van der Waals surface area contributed by atoms with Crippen molar-refractivity contribution in [1.29, 1.82) is 0 Å². The van der Waals surface area contributed by atoms with Crippen LogP contribution in [0.1, 0.15) is 26.9 Å². The first-order chi connectivity index (χ1) is 17.2. The normalized spacial score (nSPS) is 12.1. The molecule has 3 aromatic carbocycles. The number of halogens is 4. The molecule has 5 nitrogen and oxygen atoms in total. The third-order valence-corrected chi connectivity index (χ3v) is 6.60. The van der Waals surface area contributed by atoms with Crippen LogP contribution in [-0.4, -0.2) is 11.8 Å². The molecule has 0 aliphatic rings. The first-order valence-corrected chi connectivity index (χ1v) is 11.8. The standard InChI is InChI=1S/C26H18ClF3N2O3S/c27-20-13-8-17(26(28,29)30)15-21(20)32-25(34)23(16-5-2-1-3-6-16)36-19-11-9-18(10-12-19)31-24(33)22-7-4-14-35-22/h1-15,23H,(H,31,33)(H,32,34). The SMILES string of the molecule is O=C(Nc1ccc(SC(C(=O)Nc2cc(C(F)(F)F)ccc2Cl)c2ccccc2)cc1)c1ccco1. The maximum Gasteiger partial charge on any atom is 0.416 e. The molecule has 0 fully saturated rings. The van der Waals surface area contributed by atoms with E-state index in [4.69, 9.17) is 16.0 Å². The van der Waals surface area contributed by atoms with Crippen molar-refractivity contribution < 1.29 is 27.2 Å². The molecule has 2 amide bonds. The Balaban J connectivity index is 1.53. The fourth-order valence-corrected chi connectivity index (χ4v) is 4.44. The molecule has 0 radical (unpaired) electrons. The van der Waals surface area contributed by atoms with Crippen LogP contribution in [0.5, 0.6) is 0 Å². The number of furan rings is 1. The topological polar surface area (TPSA) is 71.3 Å². The van der Waals surface area contributed by atoms with Crippen molar-refractivity contribution in [1.82, 2.24) is 0 Å². The van der Waals surface area contributed by atoms with Crippen LogP contribution in [0, 0.1) is 0 Å². The first-order valence-electron chi connectivity index (χ1n) is 10.5. The number of anilines is 2. The Morgan fingerprint density at radius 3 is 2.25 bits per heavy atom. The Morgan fingerprint density at radius 2 is 1.61 bits per heavy atom. The van der Waals surface area contributed by atoms with E-state index in [1.54, 1.807) is 66.7 Å². The highest BCUT2D eigenvalue weighted by atomic mass is 35.5. The lowest BCUT2D eigenvalue weighted by atomic mass is 10.1. The van der Waals surface area contributed by atoms with Crippen LogP contribution in [0.3, 0.4) is 0 Å². The summed E-state index contributed by atoms with van der Waals surface area (Å²) in [6.07, 6.45) is -3.18. The number of carbonyl (C=O) groups excluding carboxylic acids is 2. The van der Waals surface area contributed by atoms with Gasteiger partial charge in [-0.05, 0) is 60.2 Å². The number of carbonyl (C=O) groups is 2. The molecule has 4 rings (SSSR count). The average molecular weight is 531 g/mol. The summed E-state index contributed by atoms with van der Waals surface area (Å²) in [5.41, 5.74) is 0.128. The molecule has 0 saturated carbocycles. The van der Waals surface area contributed by atoms with Crippen LogP contribution in [0.25, 0.3) is 0 Å². The van der Waals surface area contributed by atoms with E-state index in [9.17, 15) is 22.8 Å². The predicted octanol–water partition coefficient (Wildman–Crippen LogP) is 7.68. The molecule has 1 aromatic heterocycles. The number of rotatable bonds is 7. The van der Waals surface area contributed by atoms with Gasteiger partial charge in [-0.2, -0.15) is 13.2 Å². The van der Waals surface area contributed by atoms with E-state index < -0.39 is 28.8 Å². The van der Waals surface area contributed by atoms with Crippen LogP contribution < -0.4 is 10.6 Å². The van der Waals surface area contributed by atoms with Crippen LogP contribution >= 0.6 is 23.4 Å². The summed E-state index contributed by atoms with van der Waals surface area (Å²) in [5, 5.41) is 4.44. The minimum Gasteiger partial charge on any atom is -0.459 e. The Morgan fingerprint density at radius 1 is 0.889 bits per heavy atom. The lowest BCUT2D eigenvalue weighted by Gasteiger charge is -2.18. The fraction of sp³-hybridized carbons (Fsp3) is 0.0769. The number of nitrogens with one attached hydrogen (secondary N) is 2. The van der Waals surface area contributed by atoms with Crippen LogP contribution in [0.4, 0.5) is 24.5 Å². The molecular formula is C26H18ClF3N2O3S. The second kappa shape index (κ2) is 10.9. The first kappa shape index (κ1) is 25.4. The summed E-state index contributed by atoms with van der Waals surface area (Å²) >= 11 is 7.27. The van der Waals surface area contributed by atoms with Gasteiger partial charge in [0, 0.05) is 10.6 Å². The monoisotopic (exact) mass is 530 g/mol. The van der Waals surface area contributed by atoms with Crippen molar-refractivity contribution in [2.24, 2.45) is 0 Å². The Bertz CT molecular complexity index is 1350. The summed E-state index contributed by atoms with van der Waals surface area (Å²) in [5.74, 6) is -0.773. The lowest BCUT2D eigenvalue weighted by Crippen LogP contribution is -2.19. The van der Waals surface area contributed by atoms with E-state index >= 15 is 0 Å². The zero-order chi connectivity index (χ0) is 25.7. The van der Waals surface area contributed by atoms with Gasteiger partial charge in [-0.25, -0.2) is 0 Å². The van der Waals surface area contributed by atoms with Gasteiger partial charge >= 0.3 is 6.18 Å². The van der Waals surface area contributed by atoms with Crippen molar-refractivity contribution in [2.45, 2.75) is 16.3 Å². The molecule has 2 N–H and O–H groups in total. The minimum atomic E-state index is -4.58. The number of hydrogen-bond donors (Lipinski definition) is 2. The molecule has 0 spiro atoms. The van der Waals surface area contributed by atoms with Gasteiger partial charge in [-0.1, -0.05) is 41.9 Å². The van der Waals surface area contributed by atoms with Crippen molar-refractivity contribution in [2.75, 3.05) is 10.6 Å². The highest BCUT2D eigenvalue weighted by Gasteiger charge is 2.31. The molecule has 0 bridgehead atoms. The van der Waals surface area contributed by atoms with Gasteiger partial charge in [-0.3, -0.25) is 9.59 Å². The molecule has 0 saturated heterocycles. The highest BCUT2D eigenvalue weighted by molar-refractivity contribution is 8.00. The quantitative estimate of drug-likeness (QED) is 0.240. The van der Waals surface area contributed by atoms with E-state index in [0.717, 1.165) is 18.2 Å². The summed E-state index contributed by atoms with van der Waals surface area (Å²) in [6, 6.07) is 21.5. The molecular weight excluding hydrogens is 513 g/mol.